The summed E-state index contributed by atoms with van der Waals surface area (Å²) in [5, 5.41) is 0. The molecule has 0 fully saturated rings. The molecular weight excluding hydrogens is 997 g/mol. The van der Waals surface area contributed by atoms with Gasteiger partial charge in [0.1, 0.15) is 0 Å². The third-order valence-corrected chi connectivity index (χ3v) is 13.3. The van der Waals surface area contributed by atoms with Gasteiger partial charge < -0.3 is 4.90 Å². The molecule has 0 amide bonds. The second kappa shape index (κ2) is 17.3. The molecule has 0 radical (unpaired) electrons. The van der Waals surface area contributed by atoms with E-state index in [1.165, 1.54) is 55.6 Å². The number of allylic oxidation sites excluding steroid dienone is 1. The molecule has 2 aliphatic carbocycles. The van der Waals surface area contributed by atoms with Gasteiger partial charge in [0, 0.05) is 22.5 Å². The Balaban J connectivity index is 0.00000484. The maximum Gasteiger partial charge on any atom is 2.00 e. The van der Waals surface area contributed by atoms with Crippen molar-refractivity contribution in [3.8, 4) is 66.8 Å². The molecular formula is C62H47NU. The fourth-order valence-corrected chi connectivity index (χ4v) is 9.98. The van der Waals surface area contributed by atoms with Gasteiger partial charge in [-0.15, -0.1) is 35.4 Å². The van der Waals surface area contributed by atoms with Crippen LogP contribution in [0.15, 0.2) is 206 Å². The van der Waals surface area contributed by atoms with Gasteiger partial charge in [-0.2, -0.15) is 29.8 Å². The van der Waals surface area contributed by atoms with Crippen LogP contribution < -0.4 is 4.90 Å². The van der Waals surface area contributed by atoms with Gasteiger partial charge >= 0.3 is 31.1 Å². The predicted octanol–water partition coefficient (Wildman–Crippen LogP) is 16.9. The summed E-state index contributed by atoms with van der Waals surface area (Å²) in [6, 6.07) is 80.7. The second-order valence-corrected chi connectivity index (χ2v) is 17.6. The number of hydrogen-bond acceptors (Lipinski definition) is 1. The summed E-state index contributed by atoms with van der Waals surface area (Å²) in [4.78, 5) is 2.46. The van der Waals surface area contributed by atoms with Gasteiger partial charge in [0.15, 0.2) is 0 Å². The Kier molecular flexibility index (Phi) is 11.2. The van der Waals surface area contributed by atoms with E-state index in [-0.39, 0.29) is 36.5 Å². The summed E-state index contributed by atoms with van der Waals surface area (Å²) in [6.45, 7) is 7.03. The molecule has 64 heavy (non-hydrogen) atoms. The van der Waals surface area contributed by atoms with Crippen LogP contribution in [-0.2, 0) is 5.41 Å². The summed E-state index contributed by atoms with van der Waals surface area (Å²) in [5.74, 6) is 0.523. The van der Waals surface area contributed by atoms with E-state index in [1.807, 2.05) is 6.07 Å². The van der Waals surface area contributed by atoms with Gasteiger partial charge in [-0.25, -0.2) is 5.56 Å². The van der Waals surface area contributed by atoms with E-state index < -0.39 is 0 Å². The zero-order valence-electron chi connectivity index (χ0n) is 36.4. The smallest absolute Gasteiger partial charge is 0.317 e. The van der Waals surface area contributed by atoms with Crippen molar-refractivity contribution < 1.29 is 31.1 Å². The van der Waals surface area contributed by atoms with E-state index in [1.54, 1.807) is 0 Å². The number of fused-ring (bicyclic) bond motifs is 4. The summed E-state index contributed by atoms with van der Waals surface area (Å²) < 4.78 is 0. The van der Waals surface area contributed by atoms with Crippen molar-refractivity contribution in [3.63, 3.8) is 0 Å². The average molecular weight is 1040 g/mol. The Hall–Kier alpha value is -6.43. The monoisotopic (exact) mass is 1040 g/mol. The molecule has 1 nitrogen and oxygen atoms in total. The third kappa shape index (κ3) is 7.50. The van der Waals surface area contributed by atoms with E-state index in [4.69, 9.17) is 0 Å². The fourth-order valence-electron chi connectivity index (χ4n) is 9.98. The first-order chi connectivity index (χ1) is 30.9. The number of nitrogens with zero attached hydrogens (tertiary/aromatic N) is 1. The van der Waals surface area contributed by atoms with Crippen LogP contribution in [0, 0.1) is 43.2 Å². The normalized spacial score (nSPS) is 14.2. The van der Waals surface area contributed by atoms with Crippen LogP contribution in [0.25, 0.3) is 72.8 Å². The Morgan fingerprint density at radius 2 is 1.12 bits per heavy atom. The van der Waals surface area contributed by atoms with Crippen LogP contribution in [-0.4, -0.2) is 0 Å². The van der Waals surface area contributed by atoms with Crippen molar-refractivity contribution in [1.82, 2.24) is 0 Å². The summed E-state index contributed by atoms with van der Waals surface area (Å²) in [7, 11) is 0. The summed E-state index contributed by atoms with van der Waals surface area (Å²) in [6.07, 6.45) is 5.67. The molecule has 9 aromatic rings. The molecule has 11 rings (SSSR count). The molecule has 0 spiro atoms. The zero-order chi connectivity index (χ0) is 42.5. The topological polar surface area (TPSA) is 3.24 Å². The van der Waals surface area contributed by atoms with Crippen molar-refractivity contribution in [1.29, 1.82) is 0 Å². The van der Waals surface area contributed by atoms with Crippen LogP contribution in [0.1, 0.15) is 55.4 Å². The van der Waals surface area contributed by atoms with Crippen LogP contribution in [0.3, 0.4) is 0 Å². The van der Waals surface area contributed by atoms with Crippen molar-refractivity contribution >= 4 is 23.1 Å². The molecule has 0 N–H and O–H groups in total. The molecule has 9 aromatic carbocycles. The first-order valence-corrected chi connectivity index (χ1v) is 22.1. The van der Waals surface area contributed by atoms with Crippen LogP contribution in [0.5, 0.6) is 0 Å². The molecule has 2 aliphatic rings. The second-order valence-electron chi connectivity index (χ2n) is 17.6. The summed E-state index contributed by atoms with van der Waals surface area (Å²) in [5.41, 5.74) is 22.4. The van der Waals surface area contributed by atoms with E-state index in [2.05, 4.69) is 244 Å². The summed E-state index contributed by atoms with van der Waals surface area (Å²) >= 11 is 0. The molecule has 0 heterocycles. The molecule has 0 bridgehead atoms. The number of benzene rings is 9. The quantitative estimate of drug-likeness (QED) is 0.137. The van der Waals surface area contributed by atoms with Crippen molar-refractivity contribution in [3.05, 3.63) is 241 Å². The van der Waals surface area contributed by atoms with E-state index in [0.717, 1.165) is 56.9 Å². The molecule has 2 heteroatoms. The minimum absolute atomic E-state index is 0. The Morgan fingerprint density at radius 1 is 0.500 bits per heavy atom. The van der Waals surface area contributed by atoms with Crippen LogP contribution >= 0.6 is 0 Å². The Labute approximate surface area is 402 Å². The molecule has 0 aromatic heterocycles. The largest absolute Gasteiger partial charge is 2.00 e. The third-order valence-electron chi connectivity index (χ3n) is 13.3. The van der Waals surface area contributed by atoms with Crippen molar-refractivity contribution in [2.45, 2.75) is 38.5 Å². The molecule has 1 atom stereocenters. The van der Waals surface area contributed by atoms with Crippen molar-refractivity contribution in [2.75, 3.05) is 4.90 Å². The average Bonchev–Trinajstić information content (AvgIpc) is 3.57. The Bertz CT molecular complexity index is 3180. The maximum absolute atomic E-state index is 3.94. The molecule has 0 aliphatic heterocycles. The van der Waals surface area contributed by atoms with Crippen molar-refractivity contribution in [2.24, 2.45) is 0 Å². The molecule has 0 saturated heterocycles. The minimum atomic E-state index is -0.155. The first kappa shape index (κ1) is 41.6. The number of rotatable bonds is 8. The van der Waals surface area contributed by atoms with Gasteiger partial charge in [0.2, 0.25) is 0 Å². The fraction of sp³-hybridized carbons (Fsp3) is 0.0968. The van der Waals surface area contributed by atoms with Gasteiger partial charge in [-0.1, -0.05) is 178 Å². The minimum Gasteiger partial charge on any atom is -0.317 e. The standard InChI is InChI=1S/C62H47N.U/c1-42-16-14-21-47-38-50(31-35-53(42)47)55-25-11-10-24-54(55)48-22-15-23-49(39-48)56-36-30-46(44-19-8-5-9-20-44)40-61(56)63(51-32-28-45(29-33-51)43-17-6-4-7-18-43)52-34-37-58-57-26-12-13-27-59(57)62(2,3)60(58)41-52;/h4-15,17-23,25-38,40-42H,16H2,1-3H3;/q-2;+2. The SMILES string of the molecule is CC1CC=Cc2cc(-c3ccc[c-]c3-c3[c-]c(-c4ccc(-c5ccccc5)cc4N(c4ccc(-c5ccccc5)cc4)c4ccc5c(c4)C(C)(C)c4ccccc4-5)ccc3)ccc21.[U+2]. The number of anilines is 3. The van der Waals surface area contributed by atoms with Gasteiger partial charge in [0.05, 0.1) is 0 Å². The molecule has 304 valence electrons. The maximum atomic E-state index is 3.94. The van der Waals surface area contributed by atoms with Gasteiger partial charge in [0.25, 0.3) is 0 Å². The zero-order valence-corrected chi connectivity index (χ0v) is 40.6. The van der Waals surface area contributed by atoms with Gasteiger partial charge in [-0.05, 0) is 98.3 Å². The molecule has 1 unspecified atom stereocenters. The molecule has 0 saturated carbocycles. The van der Waals surface area contributed by atoms with Gasteiger partial charge in [-0.3, -0.25) is 0 Å². The Morgan fingerprint density at radius 3 is 1.92 bits per heavy atom. The first-order valence-electron chi connectivity index (χ1n) is 22.1. The predicted molar refractivity (Wildman–Crippen MR) is 266 cm³/mol. The van der Waals surface area contributed by atoms with E-state index in [9.17, 15) is 0 Å². The van der Waals surface area contributed by atoms with E-state index >= 15 is 0 Å². The van der Waals surface area contributed by atoms with Crippen LogP contribution in [0.4, 0.5) is 17.1 Å². The van der Waals surface area contributed by atoms with Crippen LogP contribution in [0.2, 0.25) is 0 Å². The number of hydrogen-bond donors (Lipinski definition) is 0. The van der Waals surface area contributed by atoms with E-state index in [0.29, 0.717) is 5.92 Å².